The van der Waals surface area contributed by atoms with E-state index in [0.29, 0.717) is 11.1 Å². The van der Waals surface area contributed by atoms with Crippen LogP contribution in [0.15, 0.2) is 66.8 Å². The van der Waals surface area contributed by atoms with Crippen LogP contribution < -0.4 is 9.47 Å². The molecule has 0 aliphatic heterocycles. The van der Waals surface area contributed by atoms with Gasteiger partial charge in [-0.1, -0.05) is 31.4 Å². The van der Waals surface area contributed by atoms with Crippen LogP contribution in [-0.4, -0.2) is 19.4 Å². The standard InChI is InChI=1S/C17H15FO3.C4H6O/c1-11(2)17(19)21-16-9-6-13(10-15(16)18)12-4-7-14(20-3)8-5-12;1-4(2)3-5/h4-10H,1H2,2-3H3;3H,1H2,2H3. The minimum absolute atomic E-state index is 0.111. The number of methoxy groups -OCH3 is 1. The highest BCUT2D eigenvalue weighted by atomic mass is 19.1. The summed E-state index contributed by atoms with van der Waals surface area (Å²) in [5.74, 6) is -0.629. The molecule has 0 aromatic heterocycles. The van der Waals surface area contributed by atoms with Crippen molar-refractivity contribution in [1.82, 2.24) is 0 Å². The number of aldehydes is 1. The van der Waals surface area contributed by atoms with Crippen LogP contribution in [0.5, 0.6) is 11.5 Å². The van der Waals surface area contributed by atoms with E-state index in [0.717, 1.165) is 17.6 Å². The van der Waals surface area contributed by atoms with Gasteiger partial charge in [-0.05, 0) is 54.8 Å². The number of carbonyl (C=O) groups is 2. The van der Waals surface area contributed by atoms with Gasteiger partial charge in [0.25, 0.3) is 0 Å². The molecule has 0 heterocycles. The molecule has 0 aliphatic carbocycles. The first-order chi connectivity index (χ1) is 12.3. The summed E-state index contributed by atoms with van der Waals surface area (Å²) in [4.78, 5) is 20.8. The molecule has 0 N–H and O–H groups in total. The van der Waals surface area contributed by atoms with Crippen molar-refractivity contribution in [3.05, 3.63) is 72.6 Å². The van der Waals surface area contributed by atoms with E-state index in [1.54, 1.807) is 32.2 Å². The van der Waals surface area contributed by atoms with Crippen LogP contribution >= 0.6 is 0 Å². The van der Waals surface area contributed by atoms with Gasteiger partial charge in [0.2, 0.25) is 0 Å². The van der Waals surface area contributed by atoms with Gasteiger partial charge in [-0.25, -0.2) is 9.18 Å². The quantitative estimate of drug-likeness (QED) is 0.336. The number of hydrogen-bond donors (Lipinski definition) is 0. The highest BCUT2D eigenvalue weighted by Crippen LogP contribution is 2.27. The number of halogens is 1. The Morgan fingerprint density at radius 2 is 1.58 bits per heavy atom. The van der Waals surface area contributed by atoms with Crippen molar-refractivity contribution in [2.24, 2.45) is 0 Å². The molecule has 136 valence electrons. The topological polar surface area (TPSA) is 52.6 Å². The highest BCUT2D eigenvalue weighted by molar-refractivity contribution is 5.88. The maximum atomic E-state index is 14.0. The molecule has 26 heavy (non-hydrogen) atoms. The van der Waals surface area contributed by atoms with E-state index >= 15 is 0 Å². The molecule has 0 saturated heterocycles. The van der Waals surface area contributed by atoms with Gasteiger partial charge in [-0.3, -0.25) is 4.79 Å². The van der Waals surface area contributed by atoms with Gasteiger partial charge in [-0.2, -0.15) is 0 Å². The lowest BCUT2D eigenvalue weighted by atomic mass is 10.1. The summed E-state index contributed by atoms with van der Waals surface area (Å²) in [6.07, 6.45) is 0.722. The van der Waals surface area contributed by atoms with Crippen molar-refractivity contribution in [1.29, 1.82) is 0 Å². The molecule has 0 atom stereocenters. The maximum Gasteiger partial charge on any atom is 0.338 e. The molecule has 0 saturated carbocycles. The molecular weight excluding hydrogens is 335 g/mol. The number of allylic oxidation sites excluding steroid dienone is 1. The molecule has 0 amide bonds. The minimum atomic E-state index is -0.647. The van der Waals surface area contributed by atoms with Gasteiger partial charge in [0.15, 0.2) is 11.6 Å². The number of carbonyl (C=O) groups excluding carboxylic acids is 2. The van der Waals surface area contributed by atoms with E-state index in [1.165, 1.54) is 19.1 Å². The van der Waals surface area contributed by atoms with Crippen LogP contribution in [0.2, 0.25) is 0 Å². The Kier molecular flexibility index (Phi) is 7.96. The van der Waals surface area contributed by atoms with Gasteiger partial charge in [-0.15, -0.1) is 0 Å². The van der Waals surface area contributed by atoms with Crippen molar-refractivity contribution >= 4 is 12.3 Å². The lowest BCUT2D eigenvalue weighted by Crippen LogP contribution is -2.09. The monoisotopic (exact) mass is 356 g/mol. The normalized spacial score (nSPS) is 9.38. The molecule has 0 fully saturated rings. The Balaban J connectivity index is 0.000000597. The Morgan fingerprint density at radius 3 is 2.00 bits per heavy atom. The van der Waals surface area contributed by atoms with E-state index in [9.17, 15) is 14.0 Å². The van der Waals surface area contributed by atoms with Crippen LogP contribution in [0.25, 0.3) is 11.1 Å². The Labute approximate surface area is 152 Å². The van der Waals surface area contributed by atoms with E-state index < -0.39 is 11.8 Å². The molecule has 5 heteroatoms. The predicted molar refractivity (Wildman–Crippen MR) is 99.7 cm³/mol. The number of esters is 1. The zero-order valence-electron chi connectivity index (χ0n) is 15.0. The number of rotatable bonds is 5. The van der Waals surface area contributed by atoms with Crippen molar-refractivity contribution in [3.63, 3.8) is 0 Å². The molecule has 2 rings (SSSR count). The molecule has 0 radical (unpaired) electrons. The Bertz CT molecular complexity index is 807. The molecule has 4 nitrogen and oxygen atoms in total. The third-order valence-electron chi connectivity index (χ3n) is 3.11. The van der Waals surface area contributed by atoms with E-state index in [2.05, 4.69) is 13.2 Å². The molecular formula is C21H21FO4. The molecule has 0 bridgehead atoms. The second-order valence-corrected chi connectivity index (χ2v) is 5.51. The van der Waals surface area contributed by atoms with Crippen molar-refractivity contribution in [2.75, 3.05) is 7.11 Å². The van der Waals surface area contributed by atoms with Gasteiger partial charge >= 0.3 is 5.97 Å². The lowest BCUT2D eigenvalue weighted by molar-refractivity contribution is -0.130. The van der Waals surface area contributed by atoms with Crippen LogP contribution in [0.3, 0.4) is 0 Å². The smallest absolute Gasteiger partial charge is 0.338 e. The fraction of sp³-hybridized carbons (Fsp3) is 0.143. The minimum Gasteiger partial charge on any atom is -0.497 e. The highest BCUT2D eigenvalue weighted by Gasteiger charge is 2.11. The van der Waals surface area contributed by atoms with Crippen LogP contribution in [0.4, 0.5) is 4.39 Å². The second kappa shape index (κ2) is 9.93. The summed E-state index contributed by atoms with van der Waals surface area (Å²) < 4.78 is 23.9. The zero-order valence-corrected chi connectivity index (χ0v) is 15.0. The molecule has 2 aromatic rings. The second-order valence-electron chi connectivity index (χ2n) is 5.51. The third kappa shape index (κ3) is 6.36. The summed E-state index contributed by atoms with van der Waals surface area (Å²) in [5.41, 5.74) is 2.32. The zero-order chi connectivity index (χ0) is 19.7. The molecule has 0 spiro atoms. The van der Waals surface area contributed by atoms with Gasteiger partial charge in [0, 0.05) is 5.57 Å². The SMILES string of the molecule is C=C(C)C(=O)Oc1ccc(-c2ccc(OC)cc2)cc1F.C=C(C)C=O. The largest absolute Gasteiger partial charge is 0.497 e. The van der Waals surface area contributed by atoms with Crippen LogP contribution in [-0.2, 0) is 9.59 Å². The van der Waals surface area contributed by atoms with Crippen molar-refractivity contribution < 1.29 is 23.5 Å². The van der Waals surface area contributed by atoms with Crippen molar-refractivity contribution in [2.45, 2.75) is 13.8 Å². The van der Waals surface area contributed by atoms with E-state index in [-0.39, 0.29) is 11.3 Å². The average Bonchev–Trinajstić information content (AvgIpc) is 2.63. The fourth-order valence-electron chi connectivity index (χ4n) is 1.73. The van der Waals surface area contributed by atoms with Gasteiger partial charge in [0.1, 0.15) is 12.0 Å². The van der Waals surface area contributed by atoms with E-state index in [1.807, 2.05) is 12.1 Å². The number of benzene rings is 2. The molecule has 2 aromatic carbocycles. The molecule has 0 unspecified atom stereocenters. The Morgan fingerprint density at radius 1 is 1.04 bits per heavy atom. The summed E-state index contributed by atoms with van der Waals surface area (Å²) in [5, 5.41) is 0. The number of ether oxygens (including phenoxy) is 2. The van der Waals surface area contributed by atoms with Crippen molar-refractivity contribution in [3.8, 4) is 22.6 Å². The van der Waals surface area contributed by atoms with Gasteiger partial charge in [0.05, 0.1) is 7.11 Å². The summed E-state index contributed by atoms with van der Waals surface area (Å²) in [6, 6.07) is 11.7. The first-order valence-corrected chi connectivity index (χ1v) is 7.70. The first kappa shape index (κ1) is 20.8. The molecule has 0 aliphatic rings. The van der Waals surface area contributed by atoms with Crippen LogP contribution in [0, 0.1) is 5.82 Å². The summed E-state index contributed by atoms with van der Waals surface area (Å²) in [6.45, 7) is 9.92. The summed E-state index contributed by atoms with van der Waals surface area (Å²) >= 11 is 0. The van der Waals surface area contributed by atoms with Gasteiger partial charge < -0.3 is 9.47 Å². The first-order valence-electron chi connectivity index (χ1n) is 7.70. The third-order valence-corrected chi connectivity index (χ3v) is 3.11. The lowest BCUT2D eigenvalue weighted by Gasteiger charge is -2.08. The predicted octanol–water partition coefficient (Wildman–Crippen LogP) is 4.74. The van der Waals surface area contributed by atoms with Crippen LogP contribution in [0.1, 0.15) is 13.8 Å². The average molecular weight is 356 g/mol. The fourth-order valence-corrected chi connectivity index (χ4v) is 1.73. The summed E-state index contributed by atoms with van der Waals surface area (Å²) in [7, 11) is 1.58. The Hall–Kier alpha value is -3.21. The maximum absolute atomic E-state index is 14.0. The van der Waals surface area contributed by atoms with E-state index in [4.69, 9.17) is 9.47 Å². The number of hydrogen-bond acceptors (Lipinski definition) is 4.